The zero-order valence-electron chi connectivity index (χ0n) is 29.7. The Morgan fingerprint density at radius 3 is 1.81 bits per heavy atom. The van der Waals surface area contributed by atoms with Crippen LogP contribution >= 0.6 is 0 Å². The van der Waals surface area contributed by atoms with E-state index in [4.69, 9.17) is 23.7 Å². The van der Waals surface area contributed by atoms with Gasteiger partial charge in [-0.3, -0.25) is 9.59 Å². The Labute approximate surface area is 284 Å². The Hall–Kier alpha value is -2.71. The van der Waals surface area contributed by atoms with E-state index in [1.165, 1.54) is 25.7 Å². The minimum absolute atomic E-state index is 0.0950. The average Bonchev–Trinajstić information content (AvgIpc) is 3.55. The quantitative estimate of drug-likeness (QED) is 0.0392. The average molecular weight is 659 g/mol. The standard InChI is InChI=1S/C39H62O8/c1-5-7-9-11-13-15-16-17-18-19-20-22-24-25-27-29-33(40)44-36-35(32-31-43-39(3,4)47-32)46-38(42)37(36)45-34(41)30-28-26-23-21-14-12-10-8-6-2/h8,10,13,15,17-18,32,35H,5-7,9,11-12,14,16,19-31H2,1-4H3. The van der Waals surface area contributed by atoms with Crippen LogP contribution in [0.5, 0.6) is 0 Å². The number of rotatable bonds is 26. The monoisotopic (exact) mass is 658 g/mol. The molecule has 0 amide bonds. The first kappa shape index (κ1) is 40.5. The van der Waals surface area contributed by atoms with Crippen LogP contribution < -0.4 is 0 Å². The highest BCUT2D eigenvalue weighted by Crippen LogP contribution is 2.34. The molecule has 0 radical (unpaired) electrons. The molecule has 0 N–H and O–H groups in total. The van der Waals surface area contributed by atoms with Crippen molar-refractivity contribution in [3.63, 3.8) is 0 Å². The van der Waals surface area contributed by atoms with Crippen molar-refractivity contribution in [2.45, 2.75) is 174 Å². The van der Waals surface area contributed by atoms with Crippen LogP contribution in [0, 0.1) is 0 Å². The molecular formula is C39H62O8. The number of unbranched alkanes of at least 4 members (excludes halogenated alkanes) is 13. The van der Waals surface area contributed by atoms with Crippen LogP contribution in [0.2, 0.25) is 0 Å². The second kappa shape index (κ2) is 24.4. The topological polar surface area (TPSA) is 97.4 Å². The van der Waals surface area contributed by atoms with Crippen molar-refractivity contribution in [3.8, 4) is 0 Å². The summed E-state index contributed by atoms with van der Waals surface area (Å²) in [6.45, 7) is 8.01. The van der Waals surface area contributed by atoms with Crippen LogP contribution in [-0.2, 0) is 38.1 Å². The van der Waals surface area contributed by atoms with Gasteiger partial charge in [-0.05, 0) is 78.1 Å². The molecule has 0 aromatic heterocycles. The zero-order valence-corrected chi connectivity index (χ0v) is 29.7. The smallest absolute Gasteiger partial charge is 0.378 e. The van der Waals surface area contributed by atoms with Crippen LogP contribution in [0.4, 0.5) is 0 Å². The SMILES string of the molecule is CCC=CCCCCCCCC(=O)OC1=C(OC(=O)CCCCCCCC=CCC=CCCCCC)C(C2COC(C)(C)O2)OC1=O. The van der Waals surface area contributed by atoms with Gasteiger partial charge in [0.05, 0.1) is 6.61 Å². The lowest BCUT2D eigenvalue weighted by Gasteiger charge is -2.21. The molecule has 0 aliphatic carbocycles. The third-order valence-corrected chi connectivity index (χ3v) is 8.19. The van der Waals surface area contributed by atoms with E-state index >= 15 is 0 Å². The van der Waals surface area contributed by atoms with Crippen LogP contribution in [0.25, 0.3) is 0 Å². The predicted octanol–water partition coefficient (Wildman–Crippen LogP) is 9.87. The van der Waals surface area contributed by atoms with Gasteiger partial charge in [-0.1, -0.05) is 102 Å². The summed E-state index contributed by atoms with van der Waals surface area (Å²) >= 11 is 0. The van der Waals surface area contributed by atoms with Gasteiger partial charge in [0, 0.05) is 12.8 Å². The molecule has 0 aromatic carbocycles. The first-order valence-corrected chi connectivity index (χ1v) is 18.4. The lowest BCUT2D eigenvalue weighted by molar-refractivity contribution is -0.165. The van der Waals surface area contributed by atoms with Gasteiger partial charge >= 0.3 is 17.9 Å². The van der Waals surface area contributed by atoms with Crippen molar-refractivity contribution in [3.05, 3.63) is 48.0 Å². The maximum Gasteiger partial charge on any atom is 0.378 e. The van der Waals surface area contributed by atoms with Crippen LogP contribution in [-0.4, -0.2) is 42.5 Å². The summed E-state index contributed by atoms with van der Waals surface area (Å²) in [4.78, 5) is 38.3. The molecule has 1 fully saturated rings. The van der Waals surface area contributed by atoms with Crippen LogP contribution in [0.1, 0.15) is 156 Å². The van der Waals surface area contributed by atoms with E-state index in [2.05, 4.69) is 50.3 Å². The van der Waals surface area contributed by atoms with Gasteiger partial charge in [0.1, 0.15) is 6.10 Å². The summed E-state index contributed by atoms with van der Waals surface area (Å²) < 4.78 is 28.2. The number of hydrogen-bond acceptors (Lipinski definition) is 8. The van der Waals surface area contributed by atoms with Gasteiger partial charge in [-0.2, -0.15) is 0 Å². The van der Waals surface area contributed by atoms with Gasteiger partial charge in [-0.25, -0.2) is 4.79 Å². The third kappa shape index (κ3) is 17.9. The molecule has 2 unspecified atom stereocenters. The largest absolute Gasteiger partial charge is 0.445 e. The minimum atomic E-state index is -1.03. The summed E-state index contributed by atoms with van der Waals surface area (Å²) in [5.74, 6) is -3.20. The highest BCUT2D eigenvalue weighted by Gasteiger charge is 2.49. The predicted molar refractivity (Wildman–Crippen MR) is 185 cm³/mol. The molecule has 2 aliphatic rings. The molecule has 2 aliphatic heterocycles. The van der Waals surface area contributed by atoms with E-state index in [1.54, 1.807) is 13.8 Å². The number of cyclic esters (lactones) is 1. The molecule has 0 bridgehead atoms. The molecule has 2 heterocycles. The molecule has 266 valence electrons. The van der Waals surface area contributed by atoms with Crippen molar-refractivity contribution in [1.29, 1.82) is 0 Å². The maximum atomic E-state index is 12.9. The first-order chi connectivity index (χ1) is 22.8. The van der Waals surface area contributed by atoms with Crippen molar-refractivity contribution in [2.24, 2.45) is 0 Å². The highest BCUT2D eigenvalue weighted by molar-refractivity contribution is 5.93. The van der Waals surface area contributed by atoms with Gasteiger partial charge in [-0.15, -0.1) is 0 Å². The molecule has 2 atom stereocenters. The number of carbonyl (C=O) groups excluding carboxylic acids is 3. The molecule has 1 saturated heterocycles. The molecular weight excluding hydrogens is 596 g/mol. The van der Waals surface area contributed by atoms with Crippen LogP contribution in [0.3, 0.4) is 0 Å². The van der Waals surface area contributed by atoms with E-state index in [-0.39, 0.29) is 31.0 Å². The number of hydrogen-bond donors (Lipinski definition) is 0. The number of carbonyl (C=O) groups is 3. The summed E-state index contributed by atoms with van der Waals surface area (Å²) in [6, 6.07) is 0. The summed E-state index contributed by atoms with van der Waals surface area (Å²) in [6.07, 6.45) is 30.9. The Bertz CT molecular complexity index is 1040. The van der Waals surface area contributed by atoms with Crippen molar-refractivity contribution in [1.82, 2.24) is 0 Å². The molecule has 8 heteroatoms. The first-order valence-electron chi connectivity index (χ1n) is 18.4. The third-order valence-electron chi connectivity index (χ3n) is 8.19. The highest BCUT2D eigenvalue weighted by atomic mass is 16.8. The molecule has 8 nitrogen and oxygen atoms in total. The van der Waals surface area contributed by atoms with E-state index in [0.717, 1.165) is 77.0 Å². The Kier molecular flexibility index (Phi) is 21.0. The van der Waals surface area contributed by atoms with Crippen LogP contribution in [0.15, 0.2) is 48.0 Å². The Morgan fingerprint density at radius 2 is 1.26 bits per heavy atom. The second-order valence-electron chi connectivity index (χ2n) is 13.0. The lowest BCUT2D eigenvalue weighted by atomic mass is 10.1. The molecule has 0 spiro atoms. The van der Waals surface area contributed by atoms with E-state index < -0.39 is 35.9 Å². The normalized spacial score (nSPS) is 19.4. The van der Waals surface area contributed by atoms with Gasteiger partial charge < -0.3 is 23.7 Å². The summed E-state index contributed by atoms with van der Waals surface area (Å²) in [5.41, 5.74) is 0. The molecule has 0 saturated carbocycles. The number of ether oxygens (including phenoxy) is 5. The molecule has 47 heavy (non-hydrogen) atoms. The van der Waals surface area contributed by atoms with Gasteiger partial charge in [0.25, 0.3) is 5.76 Å². The molecule has 0 aromatic rings. The van der Waals surface area contributed by atoms with Crippen molar-refractivity contribution >= 4 is 17.9 Å². The zero-order chi connectivity index (χ0) is 34.2. The minimum Gasteiger partial charge on any atom is -0.445 e. The summed E-state index contributed by atoms with van der Waals surface area (Å²) in [7, 11) is 0. The van der Waals surface area contributed by atoms with Gasteiger partial charge in [0.2, 0.25) is 5.76 Å². The van der Waals surface area contributed by atoms with Crippen molar-refractivity contribution in [2.75, 3.05) is 6.61 Å². The number of allylic oxidation sites excluding steroid dienone is 6. The van der Waals surface area contributed by atoms with Crippen molar-refractivity contribution < 1.29 is 38.1 Å². The maximum absolute atomic E-state index is 12.9. The van der Waals surface area contributed by atoms with Gasteiger partial charge in [0.15, 0.2) is 11.9 Å². The molecule has 2 rings (SSSR count). The number of esters is 3. The fraction of sp³-hybridized carbons (Fsp3) is 0.718. The Balaban J connectivity index is 1.76. The lowest BCUT2D eigenvalue weighted by Crippen LogP contribution is -2.34. The fourth-order valence-corrected chi connectivity index (χ4v) is 5.52. The van der Waals surface area contributed by atoms with E-state index in [9.17, 15) is 14.4 Å². The second-order valence-corrected chi connectivity index (χ2v) is 13.0. The van der Waals surface area contributed by atoms with E-state index in [1.807, 2.05) is 0 Å². The fourth-order valence-electron chi connectivity index (χ4n) is 5.52. The summed E-state index contributed by atoms with van der Waals surface area (Å²) in [5, 5.41) is 0. The Morgan fingerprint density at radius 1 is 0.723 bits per heavy atom. The van der Waals surface area contributed by atoms with E-state index in [0.29, 0.717) is 12.8 Å².